The van der Waals surface area contributed by atoms with Crippen LogP contribution in [0.4, 0.5) is 5.82 Å². The summed E-state index contributed by atoms with van der Waals surface area (Å²) in [5, 5.41) is 11.4. The topological polar surface area (TPSA) is 105 Å². The second-order valence-corrected chi connectivity index (χ2v) is 9.07. The molecule has 1 fully saturated rings. The number of aliphatic hydroxyl groups excluding tert-OH is 1. The zero-order valence-corrected chi connectivity index (χ0v) is 20.7. The van der Waals surface area contributed by atoms with Gasteiger partial charge in [0.15, 0.2) is 6.23 Å². The summed E-state index contributed by atoms with van der Waals surface area (Å²) in [6.45, 7) is 0.443. The minimum Gasteiger partial charge on any atom is -0.393 e. The Hall–Kier alpha value is -4.08. The molecule has 1 aliphatic heterocycles. The average molecular weight is 509 g/mol. The van der Waals surface area contributed by atoms with Crippen molar-refractivity contribution in [3.05, 3.63) is 115 Å². The maximum atomic E-state index is 10.7. The van der Waals surface area contributed by atoms with Crippen LogP contribution < -0.4 is 5.73 Å². The van der Waals surface area contributed by atoms with E-state index < -0.39 is 18.1 Å². The van der Waals surface area contributed by atoms with Gasteiger partial charge in [-0.3, -0.25) is 0 Å². The summed E-state index contributed by atoms with van der Waals surface area (Å²) in [6, 6.07) is 29.3. The van der Waals surface area contributed by atoms with Crippen LogP contribution in [0.3, 0.4) is 0 Å². The van der Waals surface area contributed by atoms with Crippen molar-refractivity contribution in [3.63, 3.8) is 0 Å². The summed E-state index contributed by atoms with van der Waals surface area (Å²) < 4.78 is 21.0. The van der Waals surface area contributed by atoms with E-state index in [1.807, 2.05) is 102 Å². The number of nitrogens with zero attached hydrogens (tertiary/aromatic N) is 3. The van der Waals surface area contributed by atoms with Crippen LogP contribution in [-0.2, 0) is 20.0 Å². The largest absolute Gasteiger partial charge is 0.393 e. The van der Waals surface area contributed by atoms with Crippen molar-refractivity contribution in [1.29, 1.82) is 0 Å². The van der Waals surface area contributed by atoms with E-state index in [1.165, 1.54) is 6.33 Å². The Kier molecular flexibility index (Phi) is 6.61. The average Bonchev–Trinajstić information content (AvgIpc) is 3.63. The summed E-state index contributed by atoms with van der Waals surface area (Å²) >= 11 is 0. The monoisotopic (exact) mass is 508 g/mol. The molecule has 1 saturated heterocycles. The van der Waals surface area contributed by atoms with Crippen molar-refractivity contribution in [2.24, 2.45) is 0 Å². The fourth-order valence-corrected chi connectivity index (χ4v) is 5.09. The van der Waals surface area contributed by atoms with E-state index in [0.717, 1.165) is 27.6 Å². The highest BCUT2D eigenvalue weighted by molar-refractivity contribution is 6.00. The second-order valence-electron chi connectivity index (χ2n) is 9.07. The molecule has 3 N–H and O–H groups in total. The van der Waals surface area contributed by atoms with Crippen LogP contribution >= 0.6 is 0 Å². The normalized spacial score (nSPS) is 16.4. The van der Waals surface area contributed by atoms with Gasteiger partial charge in [0.05, 0.1) is 25.2 Å². The summed E-state index contributed by atoms with van der Waals surface area (Å²) in [7, 11) is 0. The Morgan fingerprint density at radius 3 is 2.18 bits per heavy atom. The summed E-state index contributed by atoms with van der Waals surface area (Å²) in [6.07, 6.45) is 1.89. The molecule has 3 aromatic carbocycles. The van der Waals surface area contributed by atoms with Crippen LogP contribution in [0.25, 0.3) is 22.2 Å². The number of anilines is 1. The maximum Gasteiger partial charge on any atom is 0.224 e. The molecule has 8 nitrogen and oxygen atoms in total. The zero-order chi connectivity index (χ0) is 26.0. The predicted molar refractivity (Wildman–Crippen MR) is 144 cm³/mol. The Labute approximate surface area is 220 Å². The van der Waals surface area contributed by atoms with E-state index in [9.17, 15) is 5.11 Å². The van der Waals surface area contributed by atoms with Gasteiger partial charge < -0.3 is 29.6 Å². The molecule has 0 radical (unpaired) electrons. The molecule has 5 aromatic rings. The van der Waals surface area contributed by atoms with E-state index in [4.69, 9.17) is 19.9 Å². The lowest BCUT2D eigenvalue weighted by Crippen LogP contribution is -2.46. The molecule has 2 atom stereocenters. The van der Waals surface area contributed by atoms with Gasteiger partial charge in [-0.15, -0.1) is 0 Å². The first-order chi connectivity index (χ1) is 18.7. The Morgan fingerprint density at radius 2 is 1.53 bits per heavy atom. The van der Waals surface area contributed by atoms with Crippen LogP contribution in [0.1, 0.15) is 17.4 Å². The molecule has 2 aromatic heterocycles. The lowest BCUT2D eigenvalue weighted by Gasteiger charge is -2.37. The highest BCUT2D eigenvalue weighted by atomic mass is 16.8. The molecule has 38 heavy (non-hydrogen) atoms. The molecule has 0 amide bonds. The fraction of sp³-hybridized carbons (Fsp3) is 0.200. The molecule has 0 spiro atoms. The van der Waals surface area contributed by atoms with Gasteiger partial charge >= 0.3 is 0 Å². The first kappa shape index (κ1) is 24.3. The fourth-order valence-electron chi connectivity index (χ4n) is 5.09. The van der Waals surface area contributed by atoms with Crippen molar-refractivity contribution >= 4 is 16.9 Å². The lowest BCUT2D eigenvalue weighted by molar-refractivity contribution is -0.264. The third-order valence-corrected chi connectivity index (χ3v) is 6.84. The Bertz CT molecular complexity index is 1500. The Balaban J connectivity index is 1.51. The van der Waals surface area contributed by atoms with Gasteiger partial charge in [0.1, 0.15) is 23.9 Å². The number of fused-ring (bicyclic) bond motifs is 1. The summed E-state index contributed by atoms with van der Waals surface area (Å²) in [5.41, 5.74) is 10.5. The number of ether oxygens (including phenoxy) is 3. The molecular weight excluding hydrogens is 480 g/mol. The smallest absolute Gasteiger partial charge is 0.224 e. The third-order valence-electron chi connectivity index (χ3n) is 6.84. The minimum absolute atomic E-state index is 0.333. The molecule has 0 bridgehead atoms. The van der Waals surface area contributed by atoms with Gasteiger partial charge in [0.2, 0.25) is 5.79 Å². The third kappa shape index (κ3) is 4.23. The summed E-state index contributed by atoms with van der Waals surface area (Å²) in [5.74, 6) is -0.885. The predicted octanol–water partition coefficient (Wildman–Crippen LogP) is 4.50. The maximum absolute atomic E-state index is 10.7. The SMILES string of the molecule is Nc1ncnc2c1c(-c1ccccc1)cn2C(OC(CO)C1(c2ccccc2)OCCO1)c1ccccc1. The summed E-state index contributed by atoms with van der Waals surface area (Å²) in [4.78, 5) is 8.87. The van der Waals surface area contributed by atoms with Gasteiger partial charge in [-0.1, -0.05) is 91.0 Å². The number of aliphatic hydroxyl groups is 1. The van der Waals surface area contributed by atoms with Gasteiger partial charge in [0.25, 0.3) is 0 Å². The van der Waals surface area contributed by atoms with Crippen molar-refractivity contribution in [2.75, 3.05) is 25.6 Å². The highest BCUT2D eigenvalue weighted by Gasteiger charge is 2.48. The van der Waals surface area contributed by atoms with E-state index in [0.29, 0.717) is 24.7 Å². The van der Waals surface area contributed by atoms with Crippen LogP contribution in [-0.4, -0.2) is 45.6 Å². The number of nitrogen functional groups attached to an aromatic ring is 1. The number of nitrogens with two attached hydrogens (primary N) is 1. The van der Waals surface area contributed by atoms with E-state index in [1.54, 1.807) is 0 Å². The molecular formula is C30H28N4O4. The van der Waals surface area contributed by atoms with E-state index in [-0.39, 0.29) is 6.61 Å². The van der Waals surface area contributed by atoms with Gasteiger partial charge in [-0.05, 0) is 5.56 Å². The van der Waals surface area contributed by atoms with Crippen molar-refractivity contribution in [1.82, 2.24) is 14.5 Å². The standard InChI is InChI=1S/C30H28N4O4/c31-27-26-24(21-10-4-1-5-11-21)18-34(28(26)33-20-32-27)29(22-12-6-2-7-13-22)38-25(19-35)30(36-16-17-37-30)23-14-8-3-9-15-23/h1-15,18,20,25,29,35H,16-17,19H2,(H2,31,32,33). The number of hydrogen-bond donors (Lipinski definition) is 2. The lowest BCUT2D eigenvalue weighted by atomic mass is 10.00. The van der Waals surface area contributed by atoms with Crippen LogP contribution in [0.15, 0.2) is 104 Å². The first-order valence-corrected chi connectivity index (χ1v) is 12.5. The molecule has 192 valence electrons. The quantitative estimate of drug-likeness (QED) is 0.318. The number of rotatable bonds is 8. The number of benzene rings is 3. The second kappa shape index (κ2) is 10.4. The zero-order valence-electron chi connectivity index (χ0n) is 20.7. The van der Waals surface area contributed by atoms with Gasteiger partial charge in [-0.2, -0.15) is 0 Å². The molecule has 0 saturated carbocycles. The van der Waals surface area contributed by atoms with Crippen LogP contribution in [0.5, 0.6) is 0 Å². The first-order valence-electron chi connectivity index (χ1n) is 12.5. The molecule has 1 aliphatic rings. The van der Waals surface area contributed by atoms with Gasteiger partial charge in [-0.25, -0.2) is 9.97 Å². The molecule has 3 heterocycles. The number of hydrogen-bond acceptors (Lipinski definition) is 7. The highest BCUT2D eigenvalue weighted by Crippen LogP contribution is 2.41. The van der Waals surface area contributed by atoms with E-state index in [2.05, 4.69) is 9.97 Å². The number of aromatic nitrogens is 3. The van der Waals surface area contributed by atoms with Crippen molar-refractivity contribution < 1.29 is 19.3 Å². The van der Waals surface area contributed by atoms with Crippen molar-refractivity contribution in [3.8, 4) is 11.1 Å². The van der Waals surface area contributed by atoms with Crippen molar-refractivity contribution in [2.45, 2.75) is 18.1 Å². The molecule has 0 aliphatic carbocycles. The molecule has 6 rings (SSSR count). The molecule has 2 unspecified atom stereocenters. The van der Waals surface area contributed by atoms with E-state index >= 15 is 0 Å². The van der Waals surface area contributed by atoms with Gasteiger partial charge in [0, 0.05) is 22.9 Å². The molecule has 8 heteroatoms. The minimum atomic E-state index is -1.26. The Morgan fingerprint density at radius 1 is 0.895 bits per heavy atom. The van der Waals surface area contributed by atoms with Crippen LogP contribution in [0.2, 0.25) is 0 Å². The van der Waals surface area contributed by atoms with Crippen LogP contribution in [0, 0.1) is 0 Å².